The number of benzene rings is 1. The molecule has 1 amide bonds. The predicted octanol–water partition coefficient (Wildman–Crippen LogP) is 2.09. The molecule has 17 heavy (non-hydrogen) atoms. The molecule has 0 unspecified atom stereocenters. The normalized spacial score (nSPS) is 18.0. The van der Waals surface area contributed by atoms with Gasteiger partial charge in [0.15, 0.2) is 0 Å². The lowest BCUT2D eigenvalue weighted by molar-refractivity contribution is -0.133. The molecule has 1 aromatic carbocycles. The molecule has 0 aromatic heterocycles. The van der Waals surface area contributed by atoms with E-state index in [1.165, 1.54) is 12.8 Å². The molecule has 3 heteroatoms. The zero-order valence-electron chi connectivity index (χ0n) is 10.3. The molecule has 0 radical (unpaired) electrons. The molecular formula is C14H20N2O. The Morgan fingerprint density at radius 3 is 2.47 bits per heavy atom. The van der Waals surface area contributed by atoms with E-state index in [0.29, 0.717) is 6.04 Å². The second-order valence-corrected chi connectivity index (χ2v) is 4.78. The Labute approximate surface area is 103 Å². The van der Waals surface area contributed by atoms with Crippen molar-refractivity contribution in [3.05, 3.63) is 35.9 Å². The van der Waals surface area contributed by atoms with Crippen LogP contribution in [0.1, 0.15) is 37.3 Å². The topological polar surface area (TPSA) is 46.3 Å². The summed E-state index contributed by atoms with van der Waals surface area (Å²) in [5.74, 6) is 0.0306. The van der Waals surface area contributed by atoms with Gasteiger partial charge < -0.3 is 10.6 Å². The Bertz CT molecular complexity index is 371. The van der Waals surface area contributed by atoms with Crippen LogP contribution in [-0.2, 0) is 4.79 Å². The van der Waals surface area contributed by atoms with Gasteiger partial charge in [-0.15, -0.1) is 0 Å². The van der Waals surface area contributed by atoms with Crippen LogP contribution >= 0.6 is 0 Å². The Balaban J connectivity index is 2.04. The number of rotatable bonds is 3. The van der Waals surface area contributed by atoms with Crippen LogP contribution in [-0.4, -0.2) is 23.9 Å². The van der Waals surface area contributed by atoms with E-state index >= 15 is 0 Å². The van der Waals surface area contributed by atoms with Crippen LogP contribution in [0.5, 0.6) is 0 Å². The van der Waals surface area contributed by atoms with Gasteiger partial charge in [0.1, 0.15) is 6.04 Å². The van der Waals surface area contributed by atoms with E-state index in [9.17, 15) is 4.79 Å². The third kappa shape index (κ3) is 2.67. The van der Waals surface area contributed by atoms with Crippen LogP contribution in [0.2, 0.25) is 0 Å². The van der Waals surface area contributed by atoms with Gasteiger partial charge in [-0.25, -0.2) is 0 Å². The third-order valence-corrected chi connectivity index (χ3v) is 3.64. The highest BCUT2D eigenvalue weighted by Crippen LogP contribution is 2.24. The van der Waals surface area contributed by atoms with Gasteiger partial charge in [-0.3, -0.25) is 4.79 Å². The summed E-state index contributed by atoms with van der Waals surface area (Å²) in [7, 11) is 1.88. The zero-order valence-corrected chi connectivity index (χ0v) is 10.3. The van der Waals surface area contributed by atoms with Gasteiger partial charge in [-0.05, 0) is 18.4 Å². The smallest absolute Gasteiger partial charge is 0.244 e. The molecule has 92 valence electrons. The number of carbonyl (C=O) groups excluding carboxylic acids is 1. The molecule has 1 aromatic rings. The Hall–Kier alpha value is -1.35. The molecule has 0 bridgehead atoms. The van der Waals surface area contributed by atoms with Crippen LogP contribution in [0.25, 0.3) is 0 Å². The van der Waals surface area contributed by atoms with E-state index < -0.39 is 6.04 Å². The number of hydrogen-bond donors (Lipinski definition) is 1. The highest BCUT2D eigenvalue weighted by Gasteiger charge is 2.27. The van der Waals surface area contributed by atoms with Gasteiger partial charge in [0, 0.05) is 13.1 Å². The fraction of sp³-hybridized carbons (Fsp3) is 0.500. The van der Waals surface area contributed by atoms with Crippen molar-refractivity contribution < 1.29 is 4.79 Å². The first-order valence-corrected chi connectivity index (χ1v) is 6.27. The average molecular weight is 232 g/mol. The number of carbonyl (C=O) groups is 1. The molecule has 2 rings (SSSR count). The minimum Gasteiger partial charge on any atom is -0.341 e. The van der Waals surface area contributed by atoms with Crippen molar-refractivity contribution in [2.45, 2.75) is 37.8 Å². The van der Waals surface area contributed by atoms with Crippen molar-refractivity contribution >= 4 is 5.91 Å². The fourth-order valence-corrected chi connectivity index (χ4v) is 2.49. The molecule has 1 aliphatic carbocycles. The summed E-state index contributed by atoms with van der Waals surface area (Å²) in [5, 5.41) is 0. The molecule has 1 fully saturated rings. The number of hydrogen-bond acceptors (Lipinski definition) is 2. The molecule has 1 saturated carbocycles. The molecule has 0 aliphatic heterocycles. The second kappa shape index (κ2) is 5.32. The average Bonchev–Trinajstić information content (AvgIpc) is 2.91. The van der Waals surface area contributed by atoms with E-state index in [2.05, 4.69) is 0 Å². The fourth-order valence-electron chi connectivity index (χ4n) is 2.49. The number of nitrogens with two attached hydrogens (primary N) is 1. The van der Waals surface area contributed by atoms with Crippen molar-refractivity contribution in [1.82, 2.24) is 4.90 Å². The summed E-state index contributed by atoms with van der Waals surface area (Å²) in [4.78, 5) is 14.1. The molecular weight excluding hydrogens is 212 g/mol. The van der Waals surface area contributed by atoms with Gasteiger partial charge in [0.05, 0.1) is 0 Å². The quantitative estimate of drug-likeness (QED) is 0.867. The van der Waals surface area contributed by atoms with E-state index in [-0.39, 0.29) is 5.91 Å². The van der Waals surface area contributed by atoms with Crippen molar-refractivity contribution in [1.29, 1.82) is 0 Å². The summed E-state index contributed by atoms with van der Waals surface area (Å²) >= 11 is 0. The molecule has 3 nitrogen and oxygen atoms in total. The standard InChI is InChI=1S/C14H20N2O/c1-16(12-9-5-6-10-12)14(17)13(15)11-7-3-2-4-8-11/h2-4,7-8,12-13H,5-6,9-10,15H2,1H3/t13-/m0/s1. The molecule has 0 saturated heterocycles. The van der Waals surface area contributed by atoms with Crippen LogP contribution in [0.4, 0.5) is 0 Å². The first kappa shape index (κ1) is 12.1. The lowest BCUT2D eigenvalue weighted by Crippen LogP contribution is -2.41. The first-order valence-electron chi connectivity index (χ1n) is 6.27. The van der Waals surface area contributed by atoms with Gasteiger partial charge >= 0.3 is 0 Å². The largest absolute Gasteiger partial charge is 0.341 e. The van der Waals surface area contributed by atoms with Crippen molar-refractivity contribution in [3.8, 4) is 0 Å². The van der Waals surface area contributed by atoms with Crippen LogP contribution in [0, 0.1) is 0 Å². The van der Waals surface area contributed by atoms with Gasteiger partial charge in [0.25, 0.3) is 0 Å². The van der Waals surface area contributed by atoms with Crippen LogP contribution in [0.15, 0.2) is 30.3 Å². The summed E-state index contributed by atoms with van der Waals surface area (Å²) in [6, 6.07) is 9.44. The summed E-state index contributed by atoms with van der Waals surface area (Å²) in [6.45, 7) is 0. The van der Waals surface area contributed by atoms with Gasteiger partial charge in [0.2, 0.25) is 5.91 Å². The van der Waals surface area contributed by atoms with Crippen LogP contribution < -0.4 is 5.73 Å². The molecule has 0 heterocycles. The minimum atomic E-state index is -0.526. The van der Waals surface area contributed by atoms with Crippen molar-refractivity contribution in [2.75, 3.05) is 7.05 Å². The van der Waals surface area contributed by atoms with Gasteiger partial charge in [-0.1, -0.05) is 43.2 Å². The number of likely N-dealkylation sites (N-methyl/N-ethyl adjacent to an activating group) is 1. The van der Waals surface area contributed by atoms with E-state index in [1.807, 2.05) is 42.3 Å². The van der Waals surface area contributed by atoms with E-state index in [1.54, 1.807) is 0 Å². The minimum absolute atomic E-state index is 0.0306. The summed E-state index contributed by atoms with van der Waals surface area (Å²) < 4.78 is 0. The summed E-state index contributed by atoms with van der Waals surface area (Å²) in [5.41, 5.74) is 6.91. The maximum absolute atomic E-state index is 12.2. The first-order chi connectivity index (χ1) is 8.20. The highest BCUT2D eigenvalue weighted by molar-refractivity contribution is 5.83. The lowest BCUT2D eigenvalue weighted by atomic mass is 10.1. The Kier molecular flexibility index (Phi) is 3.79. The predicted molar refractivity (Wildman–Crippen MR) is 68.4 cm³/mol. The highest BCUT2D eigenvalue weighted by atomic mass is 16.2. The molecule has 2 N–H and O–H groups in total. The Morgan fingerprint density at radius 2 is 1.88 bits per heavy atom. The zero-order chi connectivity index (χ0) is 12.3. The summed E-state index contributed by atoms with van der Waals surface area (Å²) in [6.07, 6.45) is 4.68. The van der Waals surface area contributed by atoms with Crippen LogP contribution in [0.3, 0.4) is 0 Å². The molecule has 0 spiro atoms. The SMILES string of the molecule is CN(C(=O)[C@@H](N)c1ccccc1)C1CCCC1. The molecule has 1 atom stereocenters. The monoisotopic (exact) mass is 232 g/mol. The van der Waals surface area contributed by atoms with Crippen molar-refractivity contribution in [2.24, 2.45) is 5.73 Å². The maximum atomic E-state index is 12.2. The second-order valence-electron chi connectivity index (χ2n) is 4.78. The third-order valence-electron chi connectivity index (χ3n) is 3.64. The van der Waals surface area contributed by atoms with Crippen molar-refractivity contribution in [3.63, 3.8) is 0 Å². The lowest BCUT2D eigenvalue weighted by Gasteiger charge is -2.27. The van der Waals surface area contributed by atoms with E-state index in [0.717, 1.165) is 18.4 Å². The number of nitrogens with zero attached hydrogens (tertiary/aromatic N) is 1. The number of amides is 1. The Morgan fingerprint density at radius 1 is 1.29 bits per heavy atom. The molecule has 1 aliphatic rings. The maximum Gasteiger partial charge on any atom is 0.244 e. The van der Waals surface area contributed by atoms with Gasteiger partial charge in [-0.2, -0.15) is 0 Å². The van der Waals surface area contributed by atoms with E-state index in [4.69, 9.17) is 5.73 Å².